The van der Waals surface area contributed by atoms with Gasteiger partial charge in [0.2, 0.25) is 5.91 Å². The second-order valence-electron chi connectivity index (χ2n) is 7.12. The van der Waals surface area contributed by atoms with Crippen molar-refractivity contribution >= 4 is 16.9 Å². The molecule has 0 bridgehead atoms. The minimum absolute atomic E-state index is 0.0880. The highest BCUT2D eigenvalue weighted by molar-refractivity contribution is 5.88. The molecule has 4 rings (SSSR count). The predicted octanol–water partition coefficient (Wildman–Crippen LogP) is 3.06. The van der Waals surface area contributed by atoms with Crippen molar-refractivity contribution in [2.24, 2.45) is 0 Å². The maximum Gasteiger partial charge on any atom is 0.224 e. The van der Waals surface area contributed by atoms with E-state index >= 15 is 0 Å². The Morgan fingerprint density at radius 1 is 1.29 bits per heavy atom. The SMILES string of the molecule is CCN(CCNC(=O)Cc1coc2cc3c(cc12)CCC3)C1CC1. The number of aryl methyl sites for hydroxylation is 2. The van der Waals surface area contributed by atoms with Crippen molar-refractivity contribution in [2.45, 2.75) is 51.5 Å². The van der Waals surface area contributed by atoms with Gasteiger partial charge in [-0.3, -0.25) is 9.69 Å². The third kappa shape index (κ3) is 3.20. The molecular formula is C20H26N2O2. The number of hydrogen-bond donors (Lipinski definition) is 1. The Hall–Kier alpha value is -1.81. The van der Waals surface area contributed by atoms with Gasteiger partial charge in [0.05, 0.1) is 12.7 Å². The zero-order valence-corrected chi connectivity index (χ0v) is 14.4. The van der Waals surface area contributed by atoms with E-state index in [1.807, 2.05) is 0 Å². The van der Waals surface area contributed by atoms with Crippen LogP contribution in [0.1, 0.15) is 42.9 Å². The lowest BCUT2D eigenvalue weighted by molar-refractivity contribution is -0.120. The maximum absolute atomic E-state index is 12.3. The summed E-state index contributed by atoms with van der Waals surface area (Å²) in [5.41, 5.74) is 4.76. The van der Waals surface area contributed by atoms with Gasteiger partial charge in [-0.05, 0) is 61.9 Å². The zero-order valence-electron chi connectivity index (χ0n) is 14.4. The number of benzene rings is 1. The lowest BCUT2D eigenvalue weighted by Crippen LogP contribution is -2.36. The molecule has 4 heteroatoms. The number of furan rings is 1. The molecule has 1 heterocycles. The van der Waals surface area contributed by atoms with Crippen molar-refractivity contribution in [3.05, 3.63) is 35.1 Å². The molecule has 1 N–H and O–H groups in total. The maximum atomic E-state index is 12.3. The average Bonchev–Trinajstić information content (AvgIpc) is 3.20. The molecule has 1 fully saturated rings. The van der Waals surface area contributed by atoms with Gasteiger partial charge in [0.1, 0.15) is 5.58 Å². The van der Waals surface area contributed by atoms with E-state index in [0.29, 0.717) is 6.42 Å². The standard InChI is InChI=1S/C20H26N2O2/c1-2-22(17-6-7-17)9-8-21-20(23)12-16-13-24-19-11-15-5-3-4-14(15)10-18(16)19/h10-11,13,17H,2-9,12H2,1H3,(H,21,23). The van der Waals surface area contributed by atoms with Crippen LogP contribution in [0, 0.1) is 0 Å². The van der Waals surface area contributed by atoms with Crippen molar-refractivity contribution in [2.75, 3.05) is 19.6 Å². The Morgan fingerprint density at radius 3 is 2.83 bits per heavy atom. The Bertz CT molecular complexity index is 745. The number of nitrogens with one attached hydrogen (secondary N) is 1. The topological polar surface area (TPSA) is 45.5 Å². The zero-order chi connectivity index (χ0) is 16.5. The number of likely N-dealkylation sites (N-methyl/N-ethyl adjacent to an activating group) is 1. The lowest BCUT2D eigenvalue weighted by Gasteiger charge is -2.19. The second-order valence-corrected chi connectivity index (χ2v) is 7.12. The molecule has 4 nitrogen and oxygen atoms in total. The molecule has 2 aromatic rings. The van der Waals surface area contributed by atoms with Crippen molar-refractivity contribution in [3.8, 4) is 0 Å². The van der Waals surface area contributed by atoms with Crippen LogP contribution in [0.4, 0.5) is 0 Å². The number of rotatable bonds is 7. The number of nitrogens with zero attached hydrogens (tertiary/aromatic N) is 1. The molecule has 2 aliphatic rings. The molecule has 1 saturated carbocycles. The quantitative estimate of drug-likeness (QED) is 0.850. The Morgan fingerprint density at radius 2 is 2.08 bits per heavy atom. The van der Waals surface area contributed by atoms with Crippen molar-refractivity contribution in [1.82, 2.24) is 10.2 Å². The Balaban J connectivity index is 1.36. The lowest BCUT2D eigenvalue weighted by atomic mass is 10.0. The van der Waals surface area contributed by atoms with Crippen LogP contribution >= 0.6 is 0 Å². The van der Waals surface area contributed by atoms with Crippen LogP contribution in [-0.4, -0.2) is 36.5 Å². The number of fused-ring (bicyclic) bond motifs is 2. The van der Waals surface area contributed by atoms with E-state index in [0.717, 1.165) is 55.1 Å². The van der Waals surface area contributed by atoms with Gasteiger partial charge in [-0.25, -0.2) is 0 Å². The van der Waals surface area contributed by atoms with Crippen LogP contribution in [-0.2, 0) is 24.1 Å². The minimum Gasteiger partial charge on any atom is -0.464 e. The van der Waals surface area contributed by atoms with Gasteiger partial charge < -0.3 is 9.73 Å². The van der Waals surface area contributed by atoms with Gasteiger partial charge in [-0.15, -0.1) is 0 Å². The smallest absolute Gasteiger partial charge is 0.224 e. The van der Waals surface area contributed by atoms with E-state index in [-0.39, 0.29) is 5.91 Å². The van der Waals surface area contributed by atoms with Gasteiger partial charge in [0.15, 0.2) is 0 Å². The average molecular weight is 326 g/mol. The number of carbonyl (C=O) groups is 1. The van der Waals surface area contributed by atoms with E-state index in [9.17, 15) is 4.79 Å². The number of hydrogen-bond acceptors (Lipinski definition) is 3. The third-order valence-corrected chi connectivity index (χ3v) is 5.41. The van der Waals surface area contributed by atoms with Crippen LogP contribution in [0.3, 0.4) is 0 Å². The van der Waals surface area contributed by atoms with Crippen molar-refractivity contribution in [3.63, 3.8) is 0 Å². The molecule has 0 radical (unpaired) electrons. The van der Waals surface area contributed by atoms with Gasteiger partial charge >= 0.3 is 0 Å². The molecule has 1 aromatic carbocycles. The van der Waals surface area contributed by atoms with Gasteiger partial charge in [0.25, 0.3) is 0 Å². The normalized spacial score (nSPS) is 16.8. The fourth-order valence-corrected chi connectivity index (χ4v) is 3.90. The summed E-state index contributed by atoms with van der Waals surface area (Å²) in [6, 6.07) is 5.15. The molecule has 24 heavy (non-hydrogen) atoms. The third-order valence-electron chi connectivity index (χ3n) is 5.41. The summed E-state index contributed by atoms with van der Waals surface area (Å²) in [5.74, 6) is 0.0880. The van der Waals surface area contributed by atoms with Gasteiger partial charge in [0, 0.05) is 30.1 Å². The molecule has 0 atom stereocenters. The highest BCUT2D eigenvalue weighted by Crippen LogP contribution is 2.30. The van der Waals surface area contributed by atoms with E-state index in [1.54, 1.807) is 6.26 Å². The highest BCUT2D eigenvalue weighted by Gasteiger charge is 2.27. The molecule has 2 aliphatic carbocycles. The van der Waals surface area contributed by atoms with Gasteiger partial charge in [-0.2, -0.15) is 0 Å². The summed E-state index contributed by atoms with van der Waals surface area (Å²) >= 11 is 0. The molecule has 0 spiro atoms. The van der Waals surface area contributed by atoms with Crippen LogP contribution in [0.15, 0.2) is 22.8 Å². The molecule has 128 valence electrons. The van der Waals surface area contributed by atoms with Crippen molar-refractivity contribution in [1.29, 1.82) is 0 Å². The van der Waals surface area contributed by atoms with Crippen LogP contribution in [0.25, 0.3) is 11.0 Å². The summed E-state index contributed by atoms with van der Waals surface area (Å²) in [6.45, 7) is 4.94. The molecule has 0 unspecified atom stereocenters. The first-order chi connectivity index (χ1) is 11.7. The van der Waals surface area contributed by atoms with Crippen LogP contribution in [0.2, 0.25) is 0 Å². The summed E-state index contributed by atoms with van der Waals surface area (Å²) in [5, 5.41) is 4.17. The first-order valence-corrected chi connectivity index (χ1v) is 9.27. The monoisotopic (exact) mass is 326 g/mol. The largest absolute Gasteiger partial charge is 0.464 e. The van der Waals surface area contributed by atoms with E-state index in [1.165, 1.54) is 30.4 Å². The fraction of sp³-hybridized carbons (Fsp3) is 0.550. The highest BCUT2D eigenvalue weighted by atomic mass is 16.3. The summed E-state index contributed by atoms with van der Waals surface area (Å²) < 4.78 is 5.69. The number of amides is 1. The van der Waals surface area contributed by atoms with E-state index < -0.39 is 0 Å². The fourth-order valence-electron chi connectivity index (χ4n) is 3.90. The molecule has 1 aromatic heterocycles. The predicted molar refractivity (Wildman–Crippen MR) is 95.2 cm³/mol. The number of carbonyl (C=O) groups excluding carboxylic acids is 1. The van der Waals surface area contributed by atoms with E-state index in [2.05, 4.69) is 29.3 Å². The summed E-state index contributed by atoms with van der Waals surface area (Å²) in [4.78, 5) is 14.7. The van der Waals surface area contributed by atoms with E-state index in [4.69, 9.17) is 4.42 Å². The first-order valence-electron chi connectivity index (χ1n) is 9.27. The Kier molecular flexibility index (Phi) is 4.31. The second kappa shape index (κ2) is 6.60. The minimum atomic E-state index is 0.0880. The summed E-state index contributed by atoms with van der Waals surface area (Å²) in [7, 11) is 0. The summed E-state index contributed by atoms with van der Waals surface area (Å²) in [6.07, 6.45) is 8.31. The molecule has 0 aliphatic heterocycles. The van der Waals surface area contributed by atoms with Crippen LogP contribution < -0.4 is 5.32 Å². The first kappa shape index (κ1) is 15.7. The molecule has 0 saturated heterocycles. The Labute approximate surface area is 143 Å². The van der Waals surface area contributed by atoms with Crippen molar-refractivity contribution < 1.29 is 9.21 Å². The molecule has 1 amide bonds. The molecular weight excluding hydrogens is 300 g/mol. The van der Waals surface area contributed by atoms with Crippen LogP contribution in [0.5, 0.6) is 0 Å². The van der Waals surface area contributed by atoms with Gasteiger partial charge in [-0.1, -0.05) is 6.92 Å².